The number of hydrogen-bond acceptors (Lipinski definition) is 5. The molecule has 1 aromatic carbocycles. The van der Waals surface area contributed by atoms with Crippen molar-refractivity contribution in [3.8, 4) is 0 Å². The summed E-state index contributed by atoms with van der Waals surface area (Å²) in [6.07, 6.45) is 4.97. The van der Waals surface area contributed by atoms with Crippen molar-refractivity contribution in [2.75, 3.05) is 6.54 Å². The van der Waals surface area contributed by atoms with Crippen molar-refractivity contribution in [3.63, 3.8) is 0 Å². The van der Waals surface area contributed by atoms with E-state index in [4.69, 9.17) is 5.73 Å². The molecule has 2 aromatic rings. The number of carbonyl (C=O) groups is 4. The molecule has 4 atom stereocenters. The molecule has 2 aliphatic rings. The third-order valence-corrected chi connectivity index (χ3v) is 6.39. The van der Waals surface area contributed by atoms with Crippen LogP contribution in [0.3, 0.4) is 0 Å². The monoisotopic (exact) mass is 437 g/mol. The number of likely N-dealkylation sites (tertiary alicyclic amines) is 1. The van der Waals surface area contributed by atoms with Crippen molar-refractivity contribution in [2.24, 2.45) is 11.7 Å². The fourth-order valence-electron chi connectivity index (χ4n) is 4.80. The minimum absolute atomic E-state index is 0.0301. The van der Waals surface area contributed by atoms with Crippen molar-refractivity contribution < 1.29 is 19.2 Å². The fraction of sp³-hybridized carbons (Fsp3) is 0.435. The third kappa shape index (κ3) is 4.56. The van der Waals surface area contributed by atoms with Crippen LogP contribution in [0.1, 0.15) is 42.9 Å². The lowest BCUT2D eigenvalue weighted by Gasteiger charge is -2.29. The van der Waals surface area contributed by atoms with Crippen LogP contribution < -0.4 is 11.1 Å². The first-order valence-electron chi connectivity index (χ1n) is 10.9. The Morgan fingerprint density at radius 2 is 2.00 bits per heavy atom. The van der Waals surface area contributed by atoms with Crippen molar-refractivity contribution in [3.05, 3.63) is 54.1 Å². The summed E-state index contributed by atoms with van der Waals surface area (Å²) < 4.78 is 0. The van der Waals surface area contributed by atoms with Gasteiger partial charge >= 0.3 is 0 Å². The molecule has 0 bridgehead atoms. The summed E-state index contributed by atoms with van der Waals surface area (Å²) in [6.45, 7) is 0.411. The highest BCUT2D eigenvalue weighted by molar-refractivity contribution is 5.95. The smallest absolute Gasteiger partial charge is 0.246 e. The minimum atomic E-state index is -0.905. The Morgan fingerprint density at radius 3 is 2.69 bits per heavy atom. The van der Waals surface area contributed by atoms with Gasteiger partial charge < -0.3 is 20.9 Å². The van der Waals surface area contributed by atoms with Crippen LogP contribution in [0.15, 0.2) is 42.9 Å². The van der Waals surface area contributed by atoms with Gasteiger partial charge in [-0.05, 0) is 18.4 Å². The molecule has 1 aliphatic carbocycles. The van der Waals surface area contributed by atoms with E-state index in [0.29, 0.717) is 31.5 Å². The van der Waals surface area contributed by atoms with Crippen LogP contribution in [-0.4, -0.2) is 57.0 Å². The van der Waals surface area contributed by atoms with Gasteiger partial charge in [0.25, 0.3) is 0 Å². The third-order valence-electron chi connectivity index (χ3n) is 6.39. The van der Waals surface area contributed by atoms with Crippen molar-refractivity contribution >= 4 is 23.5 Å². The van der Waals surface area contributed by atoms with Crippen LogP contribution in [0.4, 0.5) is 0 Å². The van der Waals surface area contributed by atoms with Crippen LogP contribution in [0, 0.1) is 5.92 Å². The predicted molar refractivity (Wildman–Crippen MR) is 115 cm³/mol. The number of carbonyl (C=O) groups excluding carboxylic acids is 4. The number of nitrogens with one attached hydrogen (secondary N) is 2. The highest BCUT2D eigenvalue weighted by Gasteiger charge is 2.41. The number of Topliss-reactive ketones (excluding diaryl/α,β-unsaturated/α-hetero) is 1. The molecular weight excluding hydrogens is 410 g/mol. The lowest BCUT2D eigenvalue weighted by Crippen LogP contribution is -2.54. The number of rotatable bonds is 7. The van der Waals surface area contributed by atoms with Gasteiger partial charge in [0.15, 0.2) is 0 Å². The molecule has 2 fully saturated rings. The number of amides is 3. The van der Waals surface area contributed by atoms with E-state index in [1.807, 2.05) is 30.3 Å². The quantitative estimate of drug-likeness (QED) is 0.585. The van der Waals surface area contributed by atoms with Gasteiger partial charge in [-0.3, -0.25) is 19.2 Å². The summed E-state index contributed by atoms with van der Waals surface area (Å²) in [4.78, 5) is 59.2. The molecule has 32 heavy (non-hydrogen) atoms. The first-order chi connectivity index (χ1) is 15.4. The molecule has 9 nitrogen and oxygen atoms in total. The lowest BCUT2D eigenvalue weighted by molar-refractivity contribution is -0.141. The van der Waals surface area contributed by atoms with Gasteiger partial charge in [0.1, 0.15) is 17.9 Å². The second-order valence-electron chi connectivity index (χ2n) is 8.49. The summed E-state index contributed by atoms with van der Waals surface area (Å²) in [5.74, 6) is -2.00. The Balaban J connectivity index is 1.55. The maximum atomic E-state index is 13.4. The van der Waals surface area contributed by atoms with Gasteiger partial charge in [-0.2, -0.15) is 0 Å². The molecule has 0 radical (unpaired) electrons. The van der Waals surface area contributed by atoms with Crippen molar-refractivity contribution in [2.45, 2.75) is 50.1 Å². The first kappa shape index (κ1) is 21.7. The number of aromatic amines is 1. The van der Waals surface area contributed by atoms with Crippen LogP contribution in [0.5, 0.6) is 0 Å². The number of hydrogen-bond donors (Lipinski definition) is 3. The SMILES string of the molecule is NC(=O)[C@@H]1CCCN1C(=O)[C@H](Cc1c[nH]cn1)NC(=O)C1CC(=O)CC1c1ccccc1. The summed E-state index contributed by atoms with van der Waals surface area (Å²) in [5, 5.41) is 2.87. The molecular formula is C23H27N5O4. The number of imidazole rings is 1. The maximum absolute atomic E-state index is 13.4. The minimum Gasteiger partial charge on any atom is -0.368 e. The first-order valence-corrected chi connectivity index (χ1v) is 10.9. The zero-order chi connectivity index (χ0) is 22.7. The van der Waals surface area contributed by atoms with Gasteiger partial charge in [0.2, 0.25) is 17.7 Å². The normalized spacial score (nSPS) is 23.8. The Kier molecular flexibility index (Phi) is 6.34. The molecule has 168 valence electrons. The number of benzene rings is 1. The van der Waals surface area contributed by atoms with Gasteiger partial charge in [-0.1, -0.05) is 30.3 Å². The number of H-pyrrole nitrogens is 1. The van der Waals surface area contributed by atoms with Crippen LogP contribution >= 0.6 is 0 Å². The lowest BCUT2D eigenvalue weighted by atomic mass is 9.88. The second kappa shape index (κ2) is 9.33. The largest absolute Gasteiger partial charge is 0.368 e. The summed E-state index contributed by atoms with van der Waals surface area (Å²) >= 11 is 0. The predicted octanol–water partition coefficient (Wildman–Crippen LogP) is 0.676. The molecule has 1 aromatic heterocycles. The maximum Gasteiger partial charge on any atom is 0.246 e. The Labute approximate surface area is 185 Å². The van der Waals surface area contributed by atoms with E-state index in [1.165, 1.54) is 11.2 Å². The second-order valence-corrected chi connectivity index (χ2v) is 8.49. The van der Waals surface area contributed by atoms with E-state index in [9.17, 15) is 19.2 Å². The number of ketones is 1. The highest BCUT2D eigenvalue weighted by atomic mass is 16.2. The average Bonchev–Trinajstić information content (AvgIpc) is 3.54. The summed E-state index contributed by atoms with van der Waals surface area (Å²) in [5.41, 5.74) is 7.03. The standard InChI is InChI=1S/C23H27N5O4/c24-21(30)20-7-4-8-28(20)23(32)19(9-15-12-25-13-26-15)27-22(31)18-11-16(29)10-17(18)14-5-2-1-3-6-14/h1-3,5-6,12-13,17-20H,4,7-11H2,(H2,24,30)(H,25,26)(H,27,31)/t17?,18?,19-,20-/m0/s1. The molecule has 9 heteroatoms. The molecule has 1 saturated carbocycles. The van der Waals surface area contributed by atoms with E-state index in [2.05, 4.69) is 15.3 Å². The molecule has 0 spiro atoms. The molecule has 4 rings (SSSR count). The van der Waals surface area contributed by atoms with E-state index < -0.39 is 23.9 Å². The van der Waals surface area contributed by atoms with Gasteiger partial charge in [-0.25, -0.2) is 4.98 Å². The summed E-state index contributed by atoms with van der Waals surface area (Å²) in [7, 11) is 0. The Bertz CT molecular complexity index is 991. The van der Waals surface area contributed by atoms with Crippen LogP contribution in [0.25, 0.3) is 0 Å². The zero-order valence-corrected chi connectivity index (χ0v) is 17.7. The van der Waals surface area contributed by atoms with E-state index in [-0.39, 0.29) is 36.4 Å². The van der Waals surface area contributed by atoms with Gasteiger partial charge in [-0.15, -0.1) is 0 Å². The molecule has 2 unspecified atom stereocenters. The number of primary amides is 1. The topological polar surface area (TPSA) is 138 Å². The average molecular weight is 438 g/mol. The number of aromatic nitrogens is 2. The molecule has 4 N–H and O–H groups in total. The molecule has 1 aliphatic heterocycles. The van der Waals surface area contributed by atoms with Gasteiger partial charge in [0, 0.05) is 37.9 Å². The molecule has 1 saturated heterocycles. The Morgan fingerprint density at radius 1 is 1.22 bits per heavy atom. The molecule has 2 heterocycles. The molecule has 3 amide bonds. The van der Waals surface area contributed by atoms with E-state index in [1.54, 1.807) is 6.20 Å². The van der Waals surface area contributed by atoms with Crippen molar-refractivity contribution in [1.82, 2.24) is 20.2 Å². The van der Waals surface area contributed by atoms with E-state index >= 15 is 0 Å². The van der Waals surface area contributed by atoms with E-state index in [0.717, 1.165) is 5.56 Å². The van der Waals surface area contributed by atoms with Gasteiger partial charge in [0.05, 0.1) is 17.9 Å². The van der Waals surface area contributed by atoms with Crippen molar-refractivity contribution in [1.29, 1.82) is 0 Å². The number of nitrogens with two attached hydrogens (primary N) is 1. The fourth-order valence-corrected chi connectivity index (χ4v) is 4.80. The number of nitrogens with zero attached hydrogens (tertiary/aromatic N) is 2. The summed E-state index contributed by atoms with van der Waals surface area (Å²) in [6, 6.07) is 7.90. The zero-order valence-electron chi connectivity index (χ0n) is 17.7. The van der Waals surface area contributed by atoms with Crippen LogP contribution in [-0.2, 0) is 25.6 Å². The van der Waals surface area contributed by atoms with Crippen LogP contribution in [0.2, 0.25) is 0 Å². The Hall–Kier alpha value is -3.49. The highest BCUT2D eigenvalue weighted by Crippen LogP contribution is 2.38.